The van der Waals surface area contributed by atoms with Crippen molar-refractivity contribution in [3.05, 3.63) is 104 Å². The number of aromatic nitrogens is 4. The quantitative estimate of drug-likeness (QED) is 0.283. The van der Waals surface area contributed by atoms with Crippen LogP contribution in [0.15, 0.2) is 104 Å². The summed E-state index contributed by atoms with van der Waals surface area (Å²) < 4.78 is 6.15. The van der Waals surface area contributed by atoms with Crippen LogP contribution < -0.4 is 10.1 Å². The van der Waals surface area contributed by atoms with E-state index in [2.05, 4.69) is 63.8 Å². The van der Waals surface area contributed by atoms with Crippen molar-refractivity contribution in [2.24, 2.45) is 5.92 Å². The Hall–Kier alpha value is -4.42. The van der Waals surface area contributed by atoms with E-state index in [1.807, 2.05) is 48.8 Å². The molecule has 0 bridgehead atoms. The highest BCUT2D eigenvalue weighted by atomic mass is 16.5. The number of piperidine rings is 1. The minimum Gasteiger partial charge on any atom is -0.476 e. The first kappa shape index (κ1) is 23.9. The van der Waals surface area contributed by atoms with Crippen molar-refractivity contribution >= 4 is 0 Å². The molecule has 0 amide bonds. The van der Waals surface area contributed by atoms with E-state index in [-0.39, 0.29) is 0 Å². The first-order valence-electron chi connectivity index (χ1n) is 13.1. The van der Waals surface area contributed by atoms with E-state index in [1.54, 1.807) is 6.20 Å². The lowest BCUT2D eigenvalue weighted by Crippen LogP contribution is -2.30. The van der Waals surface area contributed by atoms with Gasteiger partial charge in [-0.05, 0) is 56.1 Å². The van der Waals surface area contributed by atoms with Gasteiger partial charge in [-0.15, -0.1) is 0 Å². The molecule has 5 aromatic rings. The summed E-state index contributed by atoms with van der Waals surface area (Å²) in [5.74, 6) is 1.10. The van der Waals surface area contributed by atoms with Gasteiger partial charge in [0.1, 0.15) is 5.69 Å². The second-order valence-electron chi connectivity index (χ2n) is 9.49. The molecule has 0 atom stereocenters. The minimum atomic E-state index is 0.540. The highest BCUT2D eigenvalue weighted by Gasteiger charge is 2.17. The average molecular weight is 500 g/mol. The highest BCUT2D eigenvalue weighted by molar-refractivity contribution is 5.80. The van der Waals surface area contributed by atoms with Gasteiger partial charge in [0.2, 0.25) is 5.88 Å². The molecule has 0 saturated carbocycles. The van der Waals surface area contributed by atoms with E-state index in [4.69, 9.17) is 14.7 Å². The van der Waals surface area contributed by atoms with Gasteiger partial charge in [-0.25, -0.2) is 9.97 Å². The fraction of sp³-hybridized carbons (Fsp3) is 0.188. The van der Waals surface area contributed by atoms with E-state index in [0.717, 1.165) is 71.0 Å². The first-order valence-corrected chi connectivity index (χ1v) is 13.1. The normalized spacial score (nSPS) is 13.8. The molecule has 1 aliphatic heterocycles. The summed E-state index contributed by atoms with van der Waals surface area (Å²) in [4.78, 5) is 18.7. The summed E-state index contributed by atoms with van der Waals surface area (Å²) in [5.41, 5.74) is 7.58. The van der Waals surface area contributed by atoms with E-state index < -0.39 is 0 Å². The van der Waals surface area contributed by atoms with E-state index in [9.17, 15) is 0 Å². The largest absolute Gasteiger partial charge is 0.476 e. The second kappa shape index (κ2) is 11.3. The van der Waals surface area contributed by atoms with Crippen molar-refractivity contribution in [1.82, 2.24) is 25.3 Å². The predicted molar refractivity (Wildman–Crippen MR) is 150 cm³/mol. The smallest absolute Gasteiger partial charge is 0.232 e. The zero-order chi connectivity index (χ0) is 25.6. The fourth-order valence-corrected chi connectivity index (χ4v) is 4.77. The molecular weight excluding hydrogens is 470 g/mol. The van der Waals surface area contributed by atoms with Crippen LogP contribution in [-0.4, -0.2) is 39.6 Å². The Balaban J connectivity index is 1.33. The predicted octanol–water partition coefficient (Wildman–Crippen LogP) is 6.31. The molecule has 4 heterocycles. The zero-order valence-corrected chi connectivity index (χ0v) is 21.1. The standard InChI is InChI=1S/C32H29N5O/c1-3-17-34-28(5-1)24-7-11-26(12-8-24)31-32(27-13-9-25(10-14-27)29-6-2-4-18-35-29)37-30(21-36-31)38-22-23-15-19-33-20-16-23/h1-14,17-18,21,23,33H,15-16,19-20,22H2. The number of benzene rings is 2. The van der Waals surface area contributed by atoms with Crippen LogP contribution in [0.25, 0.3) is 45.0 Å². The molecule has 0 spiro atoms. The topological polar surface area (TPSA) is 72.8 Å². The Morgan fingerprint density at radius 2 is 1.18 bits per heavy atom. The van der Waals surface area contributed by atoms with Gasteiger partial charge >= 0.3 is 0 Å². The van der Waals surface area contributed by atoms with Gasteiger partial charge in [-0.1, -0.05) is 60.7 Å². The third-order valence-electron chi connectivity index (χ3n) is 6.91. The van der Waals surface area contributed by atoms with Crippen molar-refractivity contribution < 1.29 is 4.74 Å². The lowest BCUT2D eigenvalue weighted by atomic mass is 9.99. The Labute approximate surface area is 222 Å². The number of hydrogen-bond acceptors (Lipinski definition) is 6. The van der Waals surface area contributed by atoms with Gasteiger partial charge in [0.05, 0.1) is 29.9 Å². The molecule has 0 aliphatic carbocycles. The summed E-state index contributed by atoms with van der Waals surface area (Å²) in [6, 6.07) is 28.5. The van der Waals surface area contributed by atoms with Gasteiger partial charge in [0.15, 0.2) is 0 Å². The Kier molecular flexibility index (Phi) is 7.13. The minimum absolute atomic E-state index is 0.540. The molecule has 188 valence electrons. The van der Waals surface area contributed by atoms with Crippen molar-refractivity contribution in [1.29, 1.82) is 0 Å². The molecule has 38 heavy (non-hydrogen) atoms. The molecule has 0 radical (unpaired) electrons. The monoisotopic (exact) mass is 499 g/mol. The number of ether oxygens (including phenoxy) is 1. The van der Waals surface area contributed by atoms with Gasteiger partial charge < -0.3 is 10.1 Å². The molecule has 1 saturated heterocycles. The molecule has 1 N–H and O–H groups in total. The van der Waals surface area contributed by atoms with Crippen molar-refractivity contribution in [3.63, 3.8) is 0 Å². The van der Waals surface area contributed by atoms with Crippen LogP contribution in [0.5, 0.6) is 5.88 Å². The van der Waals surface area contributed by atoms with Gasteiger partial charge in [-0.3, -0.25) is 9.97 Å². The lowest BCUT2D eigenvalue weighted by molar-refractivity contribution is 0.208. The summed E-state index contributed by atoms with van der Waals surface area (Å²) in [5, 5.41) is 3.41. The van der Waals surface area contributed by atoms with Crippen LogP contribution in [0.3, 0.4) is 0 Å². The van der Waals surface area contributed by atoms with Crippen LogP contribution in [0.2, 0.25) is 0 Å². The van der Waals surface area contributed by atoms with Gasteiger partial charge in [-0.2, -0.15) is 0 Å². The summed E-state index contributed by atoms with van der Waals surface area (Å²) in [7, 11) is 0. The van der Waals surface area contributed by atoms with Crippen LogP contribution in [0.4, 0.5) is 0 Å². The maximum absolute atomic E-state index is 6.15. The average Bonchev–Trinajstić information content (AvgIpc) is 3.01. The molecule has 6 nitrogen and oxygen atoms in total. The van der Waals surface area contributed by atoms with Crippen molar-refractivity contribution in [3.8, 4) is 50.9 Å². The molecule has 1 fully saturated rings. The van der Waals surface area contributed by atoms with Gasteiger partial charge in [0.25, 0.3) is 0 Å². The highest BCUT2D eigenvalue weighted by Crippen LogP contribution is 2.33. The van der Waals surface area contributed by atoms with Crippen LogP contribution in [-0.2, 0) is 0 Å². The maximum Gasteiger partial charge on any atom is 0.232 e. The van der Waals surface area contributed by atoms with Crippen molar-refractivity contribution in [2.45, 2.75) is 12.8 Å². The van der Waals surface area contributed by atoms with Crippen LogP contribution in [0.1, 0.15) is 12.8 Å². The molecular formula is C32H29N5O. The Bertz CT molecular complexity index is 1470. The SMILES string of the molecule is c1ccc(-c2ccc(-c3ncc(OCC4CCNCC4)nc3-c3ccc(-c4ccccn4)cc3)cc2)nc1. The molecule has 6 rings (SSSR count). The van der Waals surface area contributed by atoms with Crippen LogP contribution >= 0.6 is 0 Å². The Morgan fingerprint density at radius 3 is 1.74 bits per heavy atom. The summed E-state index contributed by atoms with van der Waals surface area (Å²) in [6.45, 7) is 2.74. The third-order valence-corrected chi connectivity index (χ3v) is 6.91. The molecule has 6 heteroatoms. The van der Waals surface area contributed by atoms with Crippen LogP contribution in [0, 0.1) is 5.92 Å². The molecule has 2 aromatic carbocycles. The number of nitrogens with one attached hydrogen (secondary N) is 1. The number of rotatable bonds is 7. The maximum atomic E-state index is 6.15. The lowest BCUT2D eigenvalue weighted by Gasteiger charge is -2.22. The van der Waals surface area contributed by atoms with E-state index >= 15 is 0 Å². The molecule has 0 unspecified atom stereocenters. The number of nitrogens with zero attached hydrogens (tertiary/aromatic N) is 4. The third kappa shape index (κ3) is 5.45. The Morgan fingerprint density at radius 1 is 0.632 bits per heavy atom. The van der Waals surface area contributed by atoms with E-state index in [0.29, 0.717) is 18.4 Å². The zero-order valence-electron chi connectivity index (χ0n) is 21.1. The van der Waals surface area contributed by atoms with Gasteiger partial charge in [0, 0.05) is 34.6 Å². The second-order valence-corrected chi connectivity index (χ2v) is 9.49. The molecule has 1 aliphatic rings. The number of hydrogen-bond donors (Lipinski definition) is 1. The first-order chi connectivity index (χ1) is 18.8. The number of pyridine rings is 2. The summed E-state index contributed by atoms with van der Waals surface area (Å²) >= 11 is 0. The fourth-order valence-electron chi connectivity index (χ4n) is 4.77. The summed E-state index contributed by atoms with van der Waals surface area (Å²) in [6.07, 6.45) is 7.61. The molecule has 3 aromatic heterocycles. The van der Waals surface area contributed by atoms with E-state index in [1.165, 1.54) is 0 Å². The van der Waals surface area contributed by atoms with Crippen molar-refractivity contribution in [2.75, 3.05) is 19.7 Å².